The van der Waals surface area contributed by atoms with Crippen LogP contribution in [0.25, 0.3) is 0 Å². The number of carbonyl (C=O) groups excluding carboxylic acids is 1. The van der Waals surface area contributed by atoms with Crippen molar-refractivity contribution in [3.8, 4) is 11.5 Å². The summed E-state index contributed by atoms with van der Waals surface area (Å²) in [5, 5.41) is 0. The number of benzene rings is 2. The van der Waals surface area contributed by atoms with E-state index in [4.69, 9.17) is 9.47 Å². The molecule has 0 saturated carbocycles. The Morgan fingerprint density at radius 2 is 1.75 bits per heavy atom. The maximum Gasteiger partial charge on any atom is 0.257 e. The number of carbonyl (C=O) groups is 1. The highest BCUT2D eigenvalue weighted by molar-refractivity contribution is 7.89. The van der Waals surface area contributed by atoms with Crippen LogP contribution in [0.4, 0.5) is 0 Å². The Bertz CT molecular complexity index is 1040. The number of likely N-dealkylation sites (tertiary alicyclic amines) is 1. The molecule has 1 heterocycles. The molecule has 1 N–H and O–H groups in total. The summed E-state index contributed by atoms with van der Waals surface area (Å²) < 4.78 is 39.2. The fourth-order valence-electron chi connectivity index (χ4n) is 3.85. The quantitative estimate of drug-likeness (QED) is 0.609. The van der Waals surface area contributed by atoms with Gasteiger partial charge in [0.15, 0.2) is 0 Å². The predicted molar refractivity (Wildman–Crippen MR) is 124 cm³/mol. The molecule has 2 aromatic rings. The van der Waals surface area contributed by atoms with Crippen LogP contribution in [0, 0.1) is 19.8 Å². The van der Waals surface area contributed by atoms with Gasteiger partial charge in [0.25, 0.3) is 5.91 Å². The lowest BCUT2D eigenvalue weighted by Crippen LogP contribution is -2.38. The minimum Gasteiger partial charge on any atom is -0.496 e. The van der Waals surface area contributed by atoms with Crippen LogP contribution in [0.15, 0.2) is 41.3 Å². The lowest BCUT2D eigenvalue weighted by atomic mass is 9.98. The summed E-state index contributed by atoms with van der Waals surface area (Å²) in [6.07, 6.45) is 1.88. The zero-order chi connectivity index (χ0) is 23.3. The van der Waals surface area contributed by atoms with Crippen molar-refractivity contribution in [2.45, 2.75) is 38.5 Å². The fraction of sp³-hybridized carbons (Fsp3) is 0.458. The minimum absolute atomic E-state index is 0.0263. The second kappa shape index (κ2) is 10.4. The van der Waals surface area contributed by atoms with Gasteiger partial charge >= 0.3 is 0 Å². The Balaban J connectivity index is 1.67. The molecule has 32 heavy (non-hydrogen) atoms. The van der Waals surface area contributed by atoms with Gasteiger partial charge in [-0.05, 0) is 74.1 Å². The second-order valence-electron chi connectivity index (χ2n) is 8.41. The Labute approximate surface area is 190 Å². The summed E-state index contributed by atoms with van der Waals surface area (Å²) in [6, 6.07) is 10.2. The van der Waals surface area contributed by atoms with Crippen molar-refractivity contribution in [3.05, 3.63) is 53.1 Å². The summed E-state index contributed by atoms with van der Waals surface area (Å²) in [5.41, 5.74) is 2.43. The smallest absolute Gasteiger partial charge is 0.257 e. The van der Waals surface area contributed by atoms with E-state index in [9.17, 15) is 13.2 Å². The van der Waals surface area contributed by atoms with Crippen molar-refractivity contribution in [1.82, 2.24) is 9.62 Å². The highest BCUT2D eigenvalue weighted by Gasteiger charge is 2.26. The number of hydrogen-bond acceptors (Lipinski definition) is 5. The average Bonchev–Trinajstić information content (AvgIpc) is 2.75. The van der Waals surface area contributed by atoms with E-state index in [1.807, 2.05) is 32.0 Å². The van der Waals surface area contributed by atoms with Crippen molar-refractivity contribution in [2.75, 3.05) is 33.4 Å². The van der Waals surface area contributed by atoms with Gasteiger partial charge in [-0.15, -0.1) is 0 Å². The number of nitrogens with zero attached hydrogens (tertiary/aromatic N) is 1. The number of rotatable bonds is 8. The van der Waals surface area contributed by atoms with Gasteiger partial charge in [0.1, 0.15) is 18.1 Å². The molecule has 0 aromatic heterocycles. The van der Waals surface area contributed by atoms with Crippen LogP contribution in [-0.2, 0) is 10.0 Å². The normalized spacial score (nSPS) is 14.9. The van der Waals surface area contributed by atoms with Crippen LogP contribution in [-0.4, -0.2) is 52.6 Å². The molecule has 7 nitrogen and oxygen atoms in total. The first-order valence-corrected chi connectivity index (χ1v) is 12.4. The van der Waals surface area contributed by atoms with Gasteiger partial charge in [0.2, 0.25) is 10.0 Å². The molecule has 0 unspecified atom stereocenters. The molecule has 1 aliphatic rings. The summed E-state index contributed by atoms with van der Waals surface area (Å²) >= 11 is 0. The molecule has 0 aliphatic carbocycles. The number of methoxy groups -OCH3 is 1. The van der Waals surface area contributed by atoms with Gasteiger partial charge in [0, 0.05) is 19.6 Å². The first-order chi connectivity index (χ1) is 15.2. The molecule has 0 spiro atoms. The number of ether oxygens (including phenoxy) is 2. The van der Waals surface area contributed by atoms with Crippen LogP contribution < -0.4 is 14.2 Å². The summed E-state index contributed by atoms with van der Waals surface area (Å²) in [7, 11) is -2.33. The van der Waals surface area contributed by atoms with Crippen LogP contribution in [0.3, 0.4) is 0 Å². The van der Waals surface area contributed by atoms with Crippen molar-refractivity contribution in [3.63, 3.8) is 0 Å². The predicted octanol–water partition coefficient (Wildman–Crippen LogP) is 3.54. The van der Waals surface area contributed by atoms with Crippen LogP contribution in [0.2, 0.25) is 0 Å². The highest BCUT2D eigenvalue weighted by Crippen LogP contribution is 2.26. The summed E-state index contributed by atoms with van der Waals surface area (Å²) in [5.74, 6) is 1.45. The summed E-state index contributed by atoms with van der Waals surface area (Å²) in [4.78, 5) is 14.8. The van der Waals surface area contributed by atoms with E-state index < -0.39 is 10.0 Å². The van der Waals surface area contributed by atoms with Crippen LogP contribution in [0.1, 0.15) is 41.3 Å². The maximum atomic E-state index is 13.0. The number of nitrogens with one attached hydrogen (secondary N) is 1. The Morgan fingerprint density at radius 3 is 2.38 bits per heavy atom. The molecule has 0 bridgehead atoms. The maximum absolute atomic E-state index is 13.0. The molecule has 2 aromatic carbocycles. The van der Waals surface area contributed by atoms with E-state index in [1.165, 1.54) is 25.3 Å². The number of sulfonamides is 1. The Morgan fingerprint density at radius 1 is 1.09 bits per heavy atom. The minimum atomic E-state index is -3.81. The molecule has 1 fully saturated rings. The highest BCUT2D eigenvalue weighted by atomic mass is 32.2. The molecule has 0 radical (unpaired) electrons. The van der Waals surface area contributed by atoms with Crippen molar-refractivity contribution >= 4 is 15.9 Å². The SMILES string of the molecule is COc1ccc(S(=O)(=O)NCCOc2cc(C)cc(C)c2)cc1C(=O)N1CCC(C)CC1. The zero-order valence-corrected chi connectivity index (χ0v) is 20.0. The van der Waals surface area contributed by atoms with Gasteiger partial charge in [-0.1, -0.05) is 13.0 Å². The lowest BCUT2D eigenvalue weighted by Gasteiger charge is -2.30. The largest absolute Gasteiger partial charge is 0.496 e. The molecule has 8 heteroatoms. The van der Waals surface area contributed by atoms with Gasteiger partial charge in [-0.2, -0.15) is 0 Å². The monoisotopic (exact) mass is 460 g/mol. The fourth-order valence-corrected chi connectivity index (χ4v) is 4.89. The third kappa shape index (κ3) is 6.01. The average molecular weight is 461 g/mol. The molecule has 174 valence electrons. The van der Waals surface area contributed by atoms with Gasteiger partial charge < -0.3 is 14.4 Å². The van der Waals surface area contributed by atoms with Crippen molar-refractivity contribution < 1.29 is 22.7 Å². The molecular weight excluding hydrogens is 428 g/mol. The van der Waals surface area contributed by atoms with Crippen molar-refractivity contribution in [2.24, 2.45) is 5.92 Å². The molecule has 1 aliphatic heterocycles. The van der Waals surface area contributed by atoms with E-state index in [1.54, 1.807) is 4.90 Å². The van der Waals surface area contributed by atoms with Crippen LogP contribution >= 0.6 is 0 Å². The van der Waals surface area contributed by atoms with E-state index >= 15 is 0 Å². The third-order valence-corrected chi connectivity index (χ3v) is 7.10. The van der Waals surface area contributed by atoms with E-state index in [2.05, 4.69) is 11.6 Å². The number of amides is 1. The van der Waals surface area contributed by atoms with E-state index in [0.717, 1.165) is 24.0 Å². The zero-order valence-electron chi connectivity index (χ0n) is 19.2. The second-order valence-corrected chi connectivity index (χ2v) is 10.2. The summed E-state index contributed by atoms with van der Waals surface area (Å²) in [6.45, 7) is 7.75. The molecule has 3 rings (SSSR count). The van der Waals surface area contributed by atoms with Gasteiger partial charge in [-0.3, -0.25) is 4.79 Å². The van der Waals surface area contributed by atoms with Crippen LogP contribution in [0.5, 0.6) is 11.5 Å². The van der Waals surface area contributed by atoms with Gasteiger partial charge in [-0.25, -0.2) is 13.1 Å². The molecule has 0 atom stereocenters. The molecule has 1 saturated heterocycles. The third-order valence-electron chi connectivity index (χ3n) is 5.64. The number of piperidine rings is 1. The first-order valence-electron chi connectivity index (χ1n) is 10.9. The molecule has 1 amide bonds. The standard InChI is InChI=1S/C24H32N2O5S/c1-17-7-10-26(11-8-17)24(27)22-16-21(5-6-23(22)30-4)32(28,29)25-9-12-31-20-14-18(2)13-19(3)15-20/h5-6,13-17,25H,7-12H2,1-4H3. The van der Waals surface area contributed by atoms with E-state index in [0.29, 0.717) is 30.5 Å². The number of aryl methyl sites for hydroxylation is 2. The Kier molecular flexibility index (Phi) is 7.79. The molecular formula is C24H32N2O5S. The van der Waals surface area contributed by atoms with Gasteiger partial charge in [0.05, 0.1) is 17.6 Å². The lowest BCUT2D eigenvalue weighted by molar-refractivity contribution is 0.0693. The Hall–Kier alpha value is -2.58. The first kappa shape index (κ1) is 24.1. The topological polar surface area (TPSA) is 84.9 Å². The van der Waals surface area contributed by atoms with E-state index in [-0.39, 0.29) is 29.5 Å². The van der Waals surface area contributed by atoms with Crippen molar-refractivity contribution in [1.29, 1.82) is 0 Å². The number of hydrogen-bond donors (Lipinski definition) is 1.